The molecule has 0 saturated heterocycles. The van der Waals surface area contributed by atoms with Crippen molar-refractivity contribution in [1.82, 2.24) is 0 Å². The van der Waals surface area contributed by atoms with Crippen LogP contribution in [0.15, 0.2) is 36.4 Å². The zero-order valence-corrected chi connectivity index (χ0v) is 10.3. The normalized spacial score (nSPS) is 17.3. The highest BCUT2D eigenvalue weighted by molar-refractivity contribution is 5.22. The Hall–Kier alpha value is -1.04. The monoisotopic (exact) mass is 214 g/mol. The van der Waals surface area contributed by atoms with Crippen LogP contribution in [0, 0.1) is 12.8 Å². The molecule has 0 radical (unpaired) electrons. The maximum atomic E-state index is 2.45. The topological polar surface area (TPSA) is 0 Å². The number of aryl methyl sites for hydroxylation is 2. The summed E-state index contributed by atoms with van der Waals surface area (Å²) < 4.78 is 0. The minimum absolute atomic E-state index is 0.887. The Balaban J connectivity index is 1.75. The first-order valence-electron chi connectivity index (χ1n) is 6.57. The van der Waals surface area contributed by atoms with E-state index in [0.717, 1.165) is 5.92 Å². The van der Waals surface area contributed by atoms with Crippen LogP contribution in [0.4, 0.5) is 0 Å². The van der Waals surface area contributed by atoms with Crippen molar-refractivity contribution >= 4 is 0 Å². The first-order valence-corrected chi connectivity index (χ1v) is 6.57. The summed E-state index contributed by atoms with van der Waals surface area (Å²) in [6, 6.07) is 8.85. The fourth-order valence-corrected chi connectivity index (χ4v) is 2.56. The zero-order chi connectivity index (χ0) is 11.2. The third kappa shape index (κ3) is 3.52. The molecule has 0 unspecified atom stereocenters. The fraction of sp³-hybridized carbons (Fsp3) is 0.500. The van der Waals surface area contributed by atoms with Gasteiger partial charge in [-0.2, -0.15) is 0 Å². The summed E-state index contributed by atoms with van der Waals surface area (Å²) in [7, 11) is 0. The van der Waals surface area contributed by atoms with Crippen LogP contribution in [0.1, 0.15) is 43.2 Å². The van der Waals surface area contributed by atoms with E-state index in [2.05, 4.69) is 43.3 Å². The molecule has 0 bridgehead atoms. The molecule has 16 heavy (non-hydrogen) atoms. The van der Waals surface area contributed by atoms with Crippen molar-refractivity contribution < 1.29 is 0 Å². The smallest absolute Gasteiger partial charge is 0.0234 e. The lowest BCUT2D eigenvalue weighted by molar-refractivity contribution is 0.682. The molecule has 1 aliphatic rings. The third-order valence-corrected chi connectivity index (χ3v) is 3.49. The maximum absolute atomic E-state index is 2.45. The van der Waals surface area contributed by atoms with Gasteiger partial charge in [0, 0.05) is 0 Å². The van der Waals surface area contributed by atoms with Gasteiger partial charge in [-0.05, 0) is 44.1 Å². The second-order valence-electron chi connectivity index (χ2n) is 5.00. The van der Waals surface area contributed by atoms with Gasteiger partial charge in [0.15, 0.2) is 0 Å². The van der Waals surface area contributed by atoms with Gasteiger partial charge in [-0.25, -0.2) is 0 Å². The molecule has 0 heteroatoms. The molecule has 0 heterocycles. The predicted octanol–water partition coefficient (Wildman–Crippen LogP) is 4.67. The lowest BCUT2D eigenvalue weighted by atomic mass is 10.0. The van der Waals surface area contributed by atoms with Gasteiger partial charge in [0.1, 0.15) is 0 Å². The van der Waals surface area contributed by atoms with Crippen molar-refractivity contribution in [1.29, 1.82) is 0 Å². The van der Waals surface area contributed by atoms with E-state index in [1.807, 2.05) is 0 Å². The minimum Gasteiger partial charge on any atom is -0.0879 e. The number of hydrogen-bond donors (Lipinski definition) is 0. The largest absolute Gasteiger partial charge is 0.0879 e. The van der Waals surface area contributed by atoms with E-state index in [0.29, 0.717) is 0 Å². The third-order valence-electron chi connectivity index (χ3n) is 3.49. The quantitative estimate of drug-likeness (QED) is 0.639. The number of benzene rings is 1. The van der Waals surface area contributed by atoms with Crippen LogP contribution in [0.3, 0.4) is 0 Å². The summed E-state index contributed by atoms with van der Waals surface area (Å²) in [6.45, 7) is 2.16. The molecule has 86 valence electrons. The lowest BCUT2D eigenvalue weighted by Gasteiger charge is -2.01. The molecule has 0 nitrogen and oxygen atoms in total. The van der Waals surface area contributed by atoms with Gasteiger partial charge in [0.05, 0.1) is 0 Å². The van der Waals surface area contributed by atoms with Crippen LogP contribution >= 0.6 is 0 Å². The summed E-state index contributed by atoms with van der Waals surface area (Å²) in [5, 5.41) is 0. The lowest BCUT2D eigenvalue weighted by Crippen LogP contribution is -1.87. The van der Waals surface area contributed by atoms with E-state index >= 15 is 0 Å². The Morgan fingerprint density at radius 2 is 2.06 bits per heavy atom. The Kier molecular flexibility index (Phi) is 4.21. The van der Waals surface area contributed by atoms with Crippen LogP contribution in [-0.2, 0) is 6.42 Å². The van der Waals surface area contributed by atoms with Crippen molar-refractivity contribution in [3.05, 3.63) is 47.5 Å². The molecule has 0 amide bonds. The maximum Gasteiger partial charge on any atom is -0.0234 e. The van der Waals surface area contributed by atoms with Crippen LogP contribution in [0.2, 0.25) is 0 Å². The Labute approximate surface area is 99.4 Å². The molecule has 1 aromatic carbocycles. The van der Waals surface area contributed by atoms with E-state index < -0.39 is 0 Å². The average molecular weight is 214 g/mol. The fourth-order valence-electron chi connectivity index (χ4n) is 2.56. The summed E-state index contributed by atoms with van der Waals surface area (Å²) in [5.74, 6) is 0.887. The van der Waals surface area contributed by atoms with Gasteiger partial charge in [-0.3, -0.25) is 0 Å². The molecule has 0 atom stereocenters. The van der Waals surface area contributed by atoms with Crippen LogP contribution in [0.5, 0.6) is 0 Å². The highest BCUT2D eigenvalue weighted by Crippen LogP contribution is 2.25. The molecule has 0 aromatic heterocycles. The van der Waals surface area contributed by atoms with Gasteiger partial charge in [-0.15, -0.1) is 0 Å². The highest BCUT2D eigenvalue weighted by atomic mass is 14.2. The Morgan fingerprint density at radius 1 is 1.25 bits per heavy atom. The predicted molar refractivity (Wildman–Crippen MR) is 70.6 cm³/mol. The summed E-state index contributed by atoms with van der Waals surface area (Å²) >= 11 is 0. The zero-order valence-electron chi connectivity index (χ0n) is 10.3. The first kappa shape index (κ1) is 11.4. The molecule has 0 spiro atoms. The van der Waals surface area contributed by atoms with Crippen LogP contribution in [0.25, 0.3) is 0 Å². The van der Waals surface area contributed by atoms with Gasteiger partial charge < -0.3 is 0 Å². The number of rotatable bonds is 4. The first-order chi connectivity index (χ1) is 7.84. The summed E-state index contributed by atoms with van der Waals surface area (Å²) in [6.07, 6.45) is 12.9. The van der Waals surface area contributed by atoms with Crippen molar-refractivity contribution in [2.24, 2.45) is 5.92 Å². The van der Waals surface area contributed by atoms with Crippen molar-refractivity contribution in [2.75, 3.05) is 0 Å². The highest BCUT2D eigenvalue weighted by Gasteiger charge is 2.10. The van der Waals surface area contributed by atoms with E-state index in [4.69, 9.17) is 0 Å². The average Bonchev–Trinajstić information content (AvgIpc) is 2.77. The van der Waals surface area contributed by atoms with E-state index in [1.165, 1.54) is 49.7 Å². The van der Waals surface area contributed by atoms with Crippen LogP contribution < -0.4 is 0 Å². The molecule has 1 aromatic rings. The second kappa shape index (κ2) is 5.89. The van der Waals surface area contributed by atoms with E-state index in [-0.39, 0.29) is 0 Å². The molecular weight excluding hydrogens is 192 g/mol. The SMILES string of the molecule is Cc1cccc(CC/C=C/C2CCCC2)c1. The van der Waals surface area contributed by atoms with Crippen molar-refractivity contribution in [3.63, 3.8) is 0 Å². The van der Waals surface area contributed by atoms with Gasteiger partial charge >= 0.3 is 0 Å². The Morgan fingerprint density at radius 3 is 2.81 bits per heavy atom. The van der Waals surface area contributed by atoms with Gasteiger partial charge in [0.25, 0.3) is 0 Å². The second-order valence-corrected chi connectivity index (χ2v) is 5.00. The molecule has 1 saturated carbocycles. The molecule has 1 fully saturated rings. The van der Waals surface area contributed by atoms with Crippen molar-refractivity contribution in [3.8, 4) is 0 Å². The molecule has 2 rings (SSSR count). The minimum atomic E-state index is 0.887. The molecule has 0 aliphatic heterocycles. The van der Waals surface area contributed by atoms with Crippen LogP contribution in [-0.4, -0.2) is 0 Å². The number of allylic oxidation sites excluding steroid dienone is 2. The van der Waals surface area contributed by atoms with Gasteiger partial charge in [-0.1, -0.05) is 54.8 Å². The molecule has 0 N–H and O–H groups in total. The number of hydrogen-bond acceptors (Lipinski definition) is 0. The summed E-state index contributed by atoms with van der Waals surface area (Å²) in [4.78, 5) is 0. The van der Waals surface area contributed by atoms with E-state index in [9.17, 15) is 0 Å². The standard InChI is InChI=1S/C16H22/c1-14-7-6-12-16(13-14)11-5-4-10-15-8-2-3-9-15/h4,6-7,10,12-13,15H,2-3,5,8-9,11H2,1H3/b10-4+. The van der Waals surface area contributed by atoms with E-state index in [1.54, 1.807) is 0 Å². The summed E-state index contributed by atoms with van der Waals surface area (Å²) in [5.41, 5.74) is 2.84. The van der Waals surface area contributed by atoms with Crippen molar-refractivity contribution in [2.45, 2.75) is 45.4 Å². The molecule has 1 aliphatic carbocycles. The van der Waals surface area contributed by atoms with Gasteiger partial charge in [0.2, 0.25) is 0 Å². The Bertz CT molecular complexity index is 343. The molecular formula is C16H22.